The second-order valence-corrected chi connectivity index (χ2v) is 8.18. The van der Waals surface area contributed by atoms with Crippen LogP contribution >= 0.6 is 0 Å². The molecule has 4 rings (SSSR count). The summed E-state index contributed by atoms with van der Waals surface area (Å²) in [7, 11) is 1.93. The molecule has 1 aromatic heterocycles. The van der Waals surface area contributed by atoms with E-state index >= 15 is 0 Å². The van der Waals surface area contributed by atoms with E-state index in [1.165, 1.54) is 5.69 Å². The van der Waals surface area contributed by atoms with Gasteiger partial charge in [0.2, 0.25) is 5.91 Å². The average molecular weight is 395 g/mol. The van der Waals surface area contributed by atoms with E-state index in [-0.39, 0.29) is 17.9 Å². The fourth-order valence-corrected chi connectivity index (χ4v) is 4.65. The van der Waals surface area contributed by atoms with Gasteiger partial charge in [0.05, 0.1) is 0 Å². The van der Waals surface area contributed by atoms with Crippen molar-refractivity contribution in [2.45, 2.75) is 58.0 Å². The number of fused-ring (bicyclic) bond motifs is 1. The topological polar surface area (TPSA) is 58.4 Å². The molecule has 6 heteroatoms. The summed E-state index contributed by atoms with van der Waals surface area (Å²) >= 11 is 0. The monoisotopic (exact) mass is 394 g/mol. The van der Waals surface area contributed by atoms with Gasteiger partial charge >= 0.3 is 0 Å². The standard InChI is InChI=1S/C23H30N4O2/c1-3-18-16-26(14-13-21(28)27(18)15-17-9-5-4-6-10-17)23(29)22-19-11-7-8-12-20(19)25(2)24-22/h4-6,9-10,18H,3,7-8,11-16H2,1-2H3/t18-/m1/s1. The van der Waals surface area contributed by atoms with Crippen molar-refractivity contribution in [1.82, 2.24) is 19.6 Å². The van der Waals surface area contributed by atoms with E-state index < -0.39 is 0 Å². The second kappa shape index (κ2) is 8.39. The maximum atomic E-state index is 13.4. The molecule has 1 aliphatic heterocycles. The second-order valence-electron chi connectivity index (χ2n) is 8.18. The summed E-state index contributed by atoms with van der Waals surface area (Å²) < 4.78 is 1.88. The first-order chi connectivity index (χ1) is 14.1. The minimum atomic E-state index is -0.0171. The van der Waals surface area contributed by atoms with Crippen molar-refractivity contribution in [1.29, 1.82) is 0 Å². The fourth-order valence-electron chi connectivity index (χ4n) is 4.65. The van der Waals surface area contributed by atoms with Crippen LogP contribution in [0.25, 0.3) is 0 Å². The highest BCUT2D eigenvalue weighted by Crippen LogP contribution is 2.26. The Morgan fingerprint density at radius 2 is 1.90 bits per heavy atom. The van der Waals surface area contributed by atoms with E-state index in [0.717, 1.165) is 43.2 Å². The third-order valence-corrected chi connectivity index (χ3v) is 6.31. The predicted molar refractivity (Wildman–Crippen MR) is 111 cm³/mol. The lowest BCUT2D eigenvalue weighted by molar-refractivity contribution is -0.133. The van der Waals surface area contributed by atoms with Crippen LogP contribution < -0.4 is 0 Å². The van der Waals surface area contributed by atoms with E-state index in [0.29, 0.717) is 31.7 Å². The van der Waals surface area contributed by atoms with E-state index in [2.05, 4.69) is 12.0 Å². The first kappa shape index (κ1) is 19.7. The molecule has 0 unspecified atom stereocenters. The molecule has 2 amide bonds. The summed E-state index contributed by atoms with van der Waals surface area (Å²) in [5, 5.41) is 4.58. The molecular weight excluding hydrogens is 364 g/mol. The number of carbonyl (C=O) groups excluding carboxylic acids is 2. The Labute approximate surface area is 172 Å². The van der Waals surface area contributed by atoms with E-state index in [4.69, 9.17) is 0 Å². The summed E-state index contributed by atoms with van der Waals surface area (Å²) in [5.41, 5.74) is 4.04. The van der Waals surface area contributed by atoms with E-state index in [1.54, 1.807) is 0 Å². The smallest absolute Gasteiger partial charge is 0.274 e. The number of rotatable bonds is 4. The fraction of sp³-hybridized carbons (Fsp3) is 0.522. The van der Waals surface area contributed by atoms with E-state index in [1.807, 2.05) is 51.9 Å². The summed E-state index contributed by atoms with van der Waals surface area (Å²) in [5.74, 6) is 0.107. The first-order valence-corrected chi connectivity index (χ1v) is 10.8. The molecule has 1 fully saturated rings. The molecule has 1 atom stereocenters. The van der Waals surface area contributed by atoms with Crippen LogP contribution in [0.15, 0.2) is 30.3 Å². The van der Waals surface area contributed by atoms with Crippen molar-refractivity contribution in [3.63, 3.8) is 0 Å². The maximum Gasteiger partial charge on any atom is 0.274 e. The van der Waals surface area contributed by atoms with Crippen LogP contribution in [-0.4, -0.2) is 50.5 Å². The zero-order valence-electron chi connectivity index (χ0n) is 17.4. The van der Waals surface area contributed by atoms with Gasteiger partial charge in [-0.05, 0) is 37.7 Å². The van der Waals surface area contributed by atoms with Crippen LogP contribution in [-0.2, 0) is 31.2 Å². The minimum absolute atomic E-state index is 0.0171. The van der Waals surface area contributed by atoms with Crippen LogP contribution in [0.2, 0.25) is 0 Å². The normalized spacial score (nSPS) is 19.8. The van der Waals surface area contributed by atoms with Gasteiger partial charge in [-0.2, -0.15) is 5.10 Å². The van der Waals surface area contributed by atoms with Gasteiger partial charge in [0.25, 0.3) is 5.91 Å². The van der Waals surface area contributed by atoms with Crippen molar-refractivity contribution in [3.8, 4) is 0 Å². The molecule has 0 spiro atoms. The van der Waals surface area contributed by atoms with Gasteiger partial charge in [-0.3, -0.25) is 14.3 Å². The molecule has 2 aromatic rings. The maximum absolute atomic E-state index is 13.4. The Balaban J connectivity index is 1.56. The largest absolute Gasteiger partial charge is 0.335 e. The molecule has 0 bridgehead atoms. The number of carbonyl (C=O) groups is 2. The number of aromatic nitrogens is 2. The lowest BCUT2D eigenvalue weighted by atomic mass is 9.95. The van der Waals surface area contributed by atoms with Crippen LogP contribution in [0, 0.1) is 0 Å². The highest BCUT2D eigenvalue weighted by molar-refractivity contribution is 5.94. The Kier molecular flexibility index (Phi) is 5.69. The highest BCUT2D eigenvalue weighted by atomic mass is 16.2. The lowest BCUT2D eigenvalue weighted by Gasteiger charge is -2.31. The molecule has 0 saturated carbocycles. The minimum Gasteiger partial charge on any atom is -0.335 e. The molecule has 6 nitrogen and oxygen atoms in total. The quantitative estimate of drug-likeness (QED) is 0.801. The van der Waals surface area contributed by atoms with Crippen molar-refractivity contribution in [2.75, 3.05) is 13.1 Å². The molecule has 29 heavy (non-hydrogen) atoms. The molecule has 2 aliphatic rings. The summed E-state index contributed by atoms with van der Waals surface area (Å²) in [6.45, 7) is 3.72. The molecular formula is C23H30N4O2. The highest BCUT2D eigenvalue weighted by Gasteiger charge is 2.33. The molecule has 0 radical (unpaired) electrons. The zero-order valence-corrected chi connectivity index (χ0v) is 17.4. The number of hydrogen-bond acceptors (Lipinski definition) is 3. The van der Waals surface area contributed by atoms with Gasteiger partial charge in [0, 0.05) is 50.4 Å². The summed E-state index contributed by atoms with van der Waals surface area (Å²) in [4.78, 5) is 30.1. The number of aryl methyl sites for hydroxylation is 1. The number of amides is 2. The lowest BCUT2D eigenvalue weighted by Crippen LogP contribution is -2.44. The predicted octanol–water partition coefficient (Wildman–Crippen LogP) is 2.95. The SMILES string of the molecule is CC[C@@H]1CN(C(=O)c2nn(C)c3c2CCCC3)CCC(=O)N1Cc1ccccc1. The summed E-state index contributed by atoms with van der Waals surface area (Å²) in [6.07, 6.45) is 5.37. The van der Waals surface area contributed by atoms with Gasteiger partial charge < -0.3 is 9.80 Å². The van der Waals surface area contributed by atoms with Crippen LogP contribution in [0.4, 0.5) is 0 Å². The van der Waals surface area contributed by atoms with E-state index in [9.17, 15) is 9.59 Å². The molecule has 2 heterocycles. The third kappa shape index (κ3) is 3.93. The molecule has 154 valence electrons. The molecule has 0 N–H and O–H groups in total. The van der Waals surface area contributed by atoms with Crippen molar-refractivity contribution < 1.29 is 9.59 Å². The van der Waals surface area contributed by atoms with Gasteiger partial charge in [-0.25, -0.2) is 0 Å². The number of hydrogen-bond donors (Lipinski definition) is 0. The Bertz CT molecular complexity index is 890. The van der Waals surface area contributed by atoms with Gasteiger partial charge in [-0.15, -0.1) is 0 Å². The first-order valence-electron chi connectivity index (χ1n) is 10.8. The Morgan fingerprint density at radius 1 is 1.14 bits per heavy atom. The molecule has 1 aliphatic carbocycles. The van der Waals surface area contributed by atoms with Crippen molar-refractivity contribution in [3.05, 3.63) is 52.8 Å². The Morgan fingerprint density at radius 3 is 2.66 bits per heavy atom. The van der Waals surface area contributed by atoms with Crippen LogP contribution in [0.3, 0.4) is 0 Å². The number of benzene rings is 1. The van der Waals surface area contributed by atoms with Gasteiger partial charge in [0.15, 0.2) is 5.69 Å². The zero-order chi connectivity index (χ0) is 20.4. The van der Waals surface area contributed by atoms with Crippen LogP contribution in [0.5, 0.6) is 0 Å². The molecule has 1 saturated heterocycles. The molecule has 1 aromatic carbocycles. The van der Waals surface area contributed by atoms with Gasteiger partial charge in [0.1, 0.15) is 0 Å². The van der Waals surface area contributed by atoms with Crippen LogP contribution in [0.1, 0.15) is 59.9 Å². The summed E-state index contributed by atoms with van der Waals surface area (Å²) in [6, 6.07) is 10.1. The number of nitrogens with zero attached hydrogens (tertiary/aromatic N) is 4. The van der Waals surface area contributed by atoms with Crippen molar-refractivity contribution >= 4 is 11.8 Å². The third-order valence-electron chi connectivity index (χ3n) is 6.31. The average Bonchev–Trinajstić information content (AvgIpc) is 3.00. The Hall–Kier alpha value is -2.63. The van der Waals surface area contributed by atoms with Crippen molar-refractivity contribution in [2.24, 2.45) is 7.05 Å². The van der Waals surface area contributed by atoms with Gasteiger partial charge in [-0.1, -0.05) is 37.3 Å².